The second kappa shape index (κ2) is 5.83. The molecule has 0 aliphatic rings. The predicted molar refractivity (Wildman–Crippen MR) is 74.8 cm³/mol. The van der Waals surface area contributed by atoms with E-state index in [0.29, 0.717) is 11.5 Å². The molecule has 0 saturated heterocycles. The van der Waals surface area contributed by atoms with Gasteiger partial charge in [-0.2, -0.15) is 0 Å². The lowest BCUT2D eigenvalue weighted by molar-refractivity contribution is 0.356. The molecule has 90 valence electrons. The molecule has 1 N–H and O–H groups in total. The number of halogens is 1. The predicted octanol–water partition coefficient (Wildman–Crippen LogP) is 4.02. The van der Waals surface area contributed by atoms with Crippen molar-refractivity contribution in [1.29, 1.82) is 0 Å². The SMILES string of the molecule is CC(Cc1ccc(Br)cc1)NCC(C)(C)C. The van der Waals surface area contributed by atoms with Crippen LogP contribution in [0.4, 0.5) is 0 Å². The number of benzene rings is 1. The van der Waals surface area contributed by atoms with Crippen molar-refractivity contribution >= 4 is 15.9 Å². The molecule has 0 aliphatic heterocycles. The van der Waals surface area contributed by atoms with Gasteiger partial charge in [0.15, 0.2) is 0 Å². The standard InChI is InChI=1S/C14H22BrN/c1-11(16-10-14(2,3)4)9-12-5-7-13(15)8-6-12/h5-8,11,16H,9-10H2,1-4H3. The normalized spacial score (nSPS) is 13.8. The highest BCUT2D eigenvalue weighted by atomic mass is 79.9. The summed E-state index contributed by atoms with van der Waals surface area (Å²) in [5.74, 6) is 0. The van der Waals surface area contributed by atoms with Gasteiger partial charge in [0.25, 0.3) is 0 Å². The van der Waals surface area contributed by atoms with Gasteiger partial charge in [-0.3, -0.25) is 0 Å². The first-order chi connectivity index (χ1) is 7.37. The highest BCUT2D eigenvalue weighted by Gasteiger charge is 2.11. The third kappa shape index (κ3) is 5.66. The van der Waals surface area contributed by atoms with Gasteiger partial charge < -0.3 is 5.32 Å². The minimum Gasteiger partial charge on any atom is -0.313 e. The second-order valence-corrected chi connectivity index (χ2v) is 6.59. The molecule has 0 radical (unpaired) electrons. The molecule has 1 rings (SSSR count). The summed E-state index contributed by atoms with van der Waals surface area (Å²) in [7, 11) is 0. The van der Waals surface area contributed by atoms with Crippen LogP contribution in [-0.4, -0.2) is 12.6 Å². The molecule has 0 saturated carbocycles. The topological polar surface area (TPSA) is 12.0 Å². The Hall–Kier alpha value is -0.340. The Kier molecular flexibility index (Phi) is 5.00. The Balaban J connectivity index is 2.39. The molecule has 0 amide bonds. The quantitative estimate of drug-likeness (QED) is 0.880. The average Bonchev–Trinajstić information content (AvgIpc) is 2.18. The zero-order valence-corrected chi connectivity index (χ0v) is 12.3. The highest BCUT2D eigenvalue weighted by Crippen LogP contribution is 2.13. The Bertz CT molecular complexity index is 311. The van der Waals surface area contributed by atoms with Gasteiger partial charge in [0.1, 0.15) is 0 Å². The summed E-state index contributed by atoms with van der Waals surface area (Å²) in [6.45, 7) is 10.1. The third-order valence-electron chi connectivity index (χ3n) is 2.44. The fourth-order valence-electron chi connectivity index (χ4n) is 1.53. The van der Waals surface area contributed by atoms with E-state index in [1.165, 1.54) is 5.56 Å². The van der Waals surface area contributed by atoms with Crippen LogP contribution in [0, 0.1) is 5.41 Å². The fourth-order valence-corrected chi connectivity index (χ4v) is 1.79. The van der Waals surface area contributed by atoms with Crippen LogP contribution in [-0.2, 0) is 6.42 Å². The lowest BCUT2D eigenvalue weighted by Gasteiger charge is -2.22. The van der Waals surface area contributed by atoms with Crippen molar-refractivity contribution in [1.82, 2.24) is 5.32 Å². The van der Waals surface area contributed by atoms with E-state index in [-0.39, 0.29) is 0 Å². The summed E-state index contributed by atoms with van der Waals surface area (Å²) >= 11 is 3.45. The largest absolute Gasteiger partial charge is 0.313 e. The van der Waals surface area contributed by atoms with Gasteiger partial charge in [-0.1, -0.05) is 48.8 Å². The third-order valence-corrected chi connectivity index (χ3v) is 2.96. The van der Waals surface area contributed by atoms with E-state index in [4.69, 9.17) is 0 Å². The van der Waals surface area contributed by atoms with Crippen LogP contribution >= 0.6 is 15.9 Å². The Morgan fingerprint density at radius 3 is 2.25 bits per heavy atom. The first-order valence-electron chi connectivity index (χ1n) is 5.85. The van der Waals surface area contributed by atoms with Crippen LogP contribution in [0.2, 0.25) is 0 Å². The van der Waals surface area contributed by atoms with Crippen LogP contribution in [0.5, 0.6) is 0 Å². The molecule has 1 unspecified atom stereocenters. The summed E-state index contributed by atoms with van der Waals surface area (Å²) in [6.07, 6.45) is 1.09. The number of nitrogens with one attached hydrogen (secondary N) is 1. The fraction of sp³-hybridized carbons (Fsp3) is 0.571. The van der Waals surface area contributed by atoms with Crippen LogP contribution < -0.4 is 5.32 Å². The monoisotopic (exact) mass is 283 g/mol. The van der Waals surface area contributed by atoms with Crippen molar-refractivity contribution in [2.45, 2.75) is 40.2 Å². The molecule has 0 aromatic heterocycles. The van der Waals surface area contributed by atoms with E-state index in [1.54, 1.807) is 0 Å². The Morgan fingerprint density at radius 1 is 1.19 bits per heavy atom. The van der Waals surface area contributed by atoms with Crippen molar-refractivity contribution in [2.75, 3.05) is 6.54 Å². The molecular formula is C14H22BrN. The molecule has 0 spiro atoms. The van der Waals surface area contributed by atoms with Gasteiger partial charge in [0.2, 0.25) is 0 Å². The second-order valence-electron chi connectivity index (χ2n) is 5.67. The molecule has 1 nitrogen and oxygen atoms in total. The molecule has 1 aromatic carbocycles. The minimum atomic E-state index is 0.355. The molecule has 16 heavy (non-hydrogen) atoms. The Morgan fingerprint density at radius 2 is 1.75 bits per heavy atom. The summed E-state index contributed by atoms with van der Waals surface area (Å²) < 4.78 is 1.14. The van der Waals surface area contributed by atoms with Crippen LogP contribution in [0.1, 0.15) is 33.3 Å². The first-order valence-corrected chi connectivity index (χ1v) is 6.64. The smallest absolute Gasteiger partial charge is 0.0175 e. The number of rotatable bonds is 4. The number of hydrogen-bond acceptors (Lipinski definition) is 1. The zero-order valence-electron chi connectivity index (χ0n) is 10.7. The molecule has 0 aliphatic carbocycles. The van der Waals surface area contributed by atoms with Crippen LogP contribution in [0.3, 0.4) is 0 Å². The highest BCUT2D eigenvalue weighted by molar-refractivity contribution is 9.10. The molecule has 0 bridgehead atoms. The Labute approximate surface area is 108 Å². The maximum Gasteiger partial charge on any atom is 0.0175 e. The van der Waals surface area contributed by atoms with Crippen molar-refractivity contribution in [2.24, 2.45) is 5.41 Å². The van der Waals surface area contributed by atoms with Crippen molar-refractivity contribution in [3.63, 3.8) is 0 Å². The zero-order chi connectivity index (χ0) is 12.2. The molecule has 1 aromatic rings. The van der Waals surface area contributed by atoms with Gasteiger partial charge >= 0.3 is 0 Å². The summed E-state index contributed by atoms with van der Waals surface area (Å²) in [4.78, 5) is 0. The van der Waals surface area contributed by atoms with Crippen molar-refractivity contribution in [3.8, 4) is 0 Å². The van der Waals surface area contributed by atoms with E-state index in [0.717, 1.165) is 17.4 Å². The minimum absolute atomic E-state index is 0.355. The molecular weight excluding hydrogens is 262 g/mol. The van der Waals surface area contributed by atoms with Gasteiger partial charge in [0, 0.05) is 17.1 Å². The van der Waals surface area contributed by atoms with Crippen LogP contribution in [0.25, 0.3) is 0 Å². The first kappa shape index (κ1) is 13.7. The van der Waals surface area contributed by atoms with Gasteiger partial charge in [-0.05, 0) is 36.5 Å². The summed E-state index contributed by atoms with van der Waals surface area (Å²) in [5.41, 5.74) is 1.74. The van der Waals surface area contributed by atoms with Gasteiger partial charge in [-0.15, -0.1) is 0 Å². The molecule has 2 heteroatoms. The van der Waals surface area contributed by atoms with E-state index in [1.807, 2.05) is 0 Å². The number of hydrogen-bond donors (Lipinski definition) is 1. The van der Waals surface area contributed by atoms with Gasteiger partial charge in [-0.25, -0.2) is 0 Å². The van der Waals surface area contributed by atoms with E-state index < -0.39 is 0 Å². The summed E-state index contributed by atoms with van der Waals surface area (Å²) in [6, 6.07) is 9.09. The van der Waals surface area contributed by atoms with Crippen molar-refractivity contribution in [3.05, 3.63) is 34.3 Å². The average molecular weight is 284 g/mol. The summed E-state index contributed by atoms with van der Waals surface area (Å²) in [5, 5.41) is 3.57. The van der Waals surface area contributed by atoms with E-state index in [9.17, 15) is 0 Å². The molecule has 0 fully saturated rings. The van der Waals surface area contributed by atoms with E-state index in [2.05, 4.69) is 73.2 Å². The van der Waals surface area contributed by atoms with E-state index >= 15 is 0 Å². The van der Waals surface area contributed by atoms with Crippen molar-refractivity contribution < 1.29 is 0 Å². The maximum atomic E-state index is 3.57. The molecule has 1 atom stereocenters. The lowest BCUT2D eigenvalue weighted by atomic mass is 9.96. The lowest BCUT2D eigenvalue weighted by Crippen LogP contribution is -2.35. The maximum absolute atomic E-state index is 3.57. The van der Waals surface area contributed by atoms with Crippen LogP contribution in [0.15, 0.2) is 28.7 Å². The van der Waals surface area contributed by atoms with Gasteiger partial charge in [0.05, 0.1) is 0 Å². The molecule has 0 heterocycles.